The summed E-state index contributed by atoms with van der Waals surface area (Å²) in [4.78, 5) is 39.5. The summed E-state index contributed by atoms with van der Waals surface area (Å²) in [5, 5.41) is 37.7. The lowest BCUT2D eigenvalue weighted by Gasteiger charge is -2.47. The Hall–Kier alpha value is -3.54. The minimum Gasteiger partial charge on any atom is -0.465 e. The molecule has 4 aliphatic rings. The van der Waals surface area contributed by atoms with E-state index in [1.807, 2.05) is 57.2 Å². The number of hydrogen-bond acceptors (Lipinski definition) is 19. The lowest BCUT2D eigenvalue weighted by atomic mass is 9.79. The number of pyridine rings is 1. The Morgan fingerprint density at radius 2 is 1.68 bits per heavy atom. The topological polar surface area (TPSA) is 225 Å². The number of ether oxygens (including phenoxy) is 10. The molecule has 0 radical (unpaired) electrons. The lowest BCUT2D eigenvalue weighted by Crippen LogP contribution is -2.63. The molecule has 1 aromatic rings. The van der Waals surface area contributed by atoms with E-state index in [0.717, 1.165) is 11.3 Å². The molecule has 68 heavy (non-hydrogen) atoms. The van der Waals surface area contributed by atoms with Crippen molar-refractivity contribution in [3.05, 3.63) is 60.0 Å². The largest absolute Gasteiger partial charge is 0.465 e. The van der Waals surface area contributed by atoms with Crippen LogP contribution in [0.5, 0.6) is 0 Å². The summed E-state index contributed by atoms with van der Waals surface area (Å²) in [7, 11) is 6.48. The third-order valence-electron chi connectivity index (χ3n) is 12.9. The quantitative estimate of drug-likeness (QED) is 0.105. The van der Waals surface area contributed by atoms with Gasteiger partial charge >= 0.3 is 5.97 Å². The smallest absolute Gasteiger partial charge is 0.308 e. The van der Waals surface area contributed by atoms with Gasteiger partial charge in [0.15, 0.2) is 18.4 Å². The van der Waals surface area contributed by atoms with Crippen LogP contribution in [0.2, 0.25) is 0 Å². The number of aliphatic hydroxyl groups is 3. The van der Waals surface area contributed by atoms with E-state index in [9.17, 15) is 24.9 Å². The number of cyclic esters (lactones) is 1. The summed E-state index contributed by atoms with van der Waals surface area (Å²) >= 11 is 0. The molecule has 19 heteroatoms. The first-order chi connectivity index (χ1) is 32.6. The number of rotatable bonds is 14. The molecule has 382 valence electrons. The molecule has 16 atom stereocenters. The average molecular weight is 962 g/mol. The summed E-state index contributed by atoms with van der Waals surface area (Å²) < 4.78 is 60.7. The Balaban J connectivity index is 1.42. The Morgan fingerprint density at radius 3 is 2.40 bits per heavy atom. The number of likely N-dealkylation sites (N-methyl/N-ethyl adjacent to an activating group) is 1. The Bertz CT molecular complexity index is 1820. The number of nitrogens with zero attached hydrogens (tertiary/aromatic N) is 3. The number of esters is 1. The van der Waals surface area contributed by atoms with Gasteiger partial charge < -0.3 is 72.4 Å². The Kier molecular flexibility index (Phi) is 22.6. The van der Waals surface area contributed by atoms with Crippen LogP contribution in [-0.4, -0.2) is 191 Å². The van der Waals surface area contributed by atoms with Crippen LogP contribution in [0.15, 0.2) is 59.4 Å². The molecule has 19 nitrogen and oxygen atoms in total. The first kappa shape index (κ1) is 55.4. The molecule has 3 N–H and O–H groups in total. The van der Waals surface area contributed by atoms with E-state index in [-0.39, 0.29) is 64.6 Å². The zero-order valence-electron chi connectivity index (χ0n) is 41.0. The Labute approximate surface area is 400 Å². The molecule has 5 rings (SSSR count). The van der Waals surface area contributed by atoms with Crippen LogP contribution in [0.3, 0.4) is 0 Å². The van der Waals surface area contributed by atoms with E-state index in [2.05, 4.69) is 10.1 Å². The zero-order valence-corrected chi connectivity index (χ0v) is 41.0. The normalized spacial score (nSPS) is 38.2. The third-order valence-corrected chi connectivity index (χ3v) is 12.9. The van der Waals surface area contributed by atoms with Crippen LogP contribution < -0.4 is 0 Å². The second kappa shape index (κ2) is 27.7. The molecule has 4 aliphatic heterocycles. The number of ketones is 1. The van der Waals surface area contributed by atoms with Crippen molar-refractivity contribution in [3.63, 3.8) is 0 Å². The van der Waals surface area contributed by atoms with Gasteiger partial charge in [-0.1, -0.05) is 48.9 Å². The average Bonchev–Trinajstić information content (AvgIpc) is 3.33. The highest BCUT2D eigenvalue weighted by atomic mass is 16.7. The van der Waals surface area contributed by atoms with Crippen LogP contribution in [0.4, 0.5) is 0 Å². The summed E-state index contributed by atoms with van der Waals surface area (Å²) in [5.41, 5.74) is 1.92. The number of aromatic nitrogens is 1. The maximum Gasteiger partial charge on any atom is 0.308 e. The molecule has 5 heterocycles. The van der Waals surface area contributed by atoms with Crippen LogP contribution in [0.25, 0.3) is 6.08 Å². The molecule has 2 bridgehead atoms. The maximum absolute atomic E-state index is 14.1. The molecule has 0 aromatic carbocycles. The fourth-order valence-electron chi connectivity index (χ4n) is 9.02. The van der Waals surface area contributed by atoms with Crippen LogP contribution >= 0.6 is 0 Å². The van der Waals surface area contributed by atoms with E-state index in [4.69, 9.17) is 52.2 Å². The van der Waals surface area contributed by atoms with E-state index < -0.39 is 97.3 Å². The van der Waals surface area contributed by atoms with Gasteiger partial charge in [0.05, 0.1) is 81.7 Å². The van der Waals surface area contributed by atoms with Gasteiger partial charge in [0, 0.05) is 44.8 Å². The van der Waals surface area contributed by atoms with E-state index in [0.29, 0.717) is 18.6 Å². The highest BCUT2D eigenvalue weighted by Crippen LogP contribution is 2.36. The number of aliphatic hydroxyl groups excluding tert-OH is 3. The molecular weight excluding hydrogens is 887 g/mol. The molecule has 3 saturated heterocycles. The third kappa shape index (κ3) is 16.0. The number of carbonyl (C=O) groups excluding carboxylic acids is 2. The number of carbonyl (C=O) groups is 2. The molecule has 1 unspecified atom stereocenters. The predicted molar refractivity (Wildman–Crippen MR) is 248 cm³/mol. The summed E-state index contributed by atoms with van der Waals surface area (Å²) in [6, 6.07) is 4.90. The van der Waals surface area contributed by atoms with Crippen molar-refractivity contribution in [1.29, 1.82) is 0 Å². The molecule has 0 spiro atoms. The van der Waals surface area contributed by atoms with E-state index in [1.165, 1.54) is 14.2 Å². The second-order valence-electron chi connectivity index (χ2n) is 18.4. The lowest BCUT2D eigenvalue weighted by molar-refractivity contribution is -0.305. The summed E-state index contributed by atoms with van der Waals surface area (Å²) in [6.07, 6.45) is 1.34. The summed E-state index contributed by atoms with van der Waals surface area (Å²) in [6.45, 7) is 9.23. The first-order valence-electron chi connectivity index (χ1n) is 23.5. The Morgan fingerprint density at radius 1 is 0.926 bits per heavy atom. The number of methoxy groups -OCH3 is 2. The van der Waals surface area contributed by atoms with Crippen molar-refractivity contribution in [2.75, 3.05) is 74.7 Å². The maximum atomic E-state index is 14.1. The fourth-order valence-corrected chi connectivity index (χ4v) is 9.02. The van der Waals surface area contributed by atoms with Gasteiger partial charge in [0.1, 0.15) is 30.1 Å². The van der Waals surface area contributed by atoms with Crippen LogP contribution in [0, 0.1) is 23.7 Å². The summed E-state index contributed by atoms with van der Waals surface area (Å²) in [5.74, 6) is -2.62. The van der Waals surface area contributed by atoms with Crippen molar-refractivity contribution in [2.24, 2.45) is 28.8 Å². The van der Waals surface area contributed by atoms with Crippen LogP contribution in [0.1, 0.15) is 59.6 Å². The van der Waals surface area contributed by atoms with Gasteiger partial charge in [0.2, 0.25) is 6.79 Å². The van der Waals surface area contributed by atoms with Gasteiger partial charge in [-0.3, -0.25) is 14.6 Å². The number of oxime groups is 1. The molecule has 0 amide bonds. The van der Waals surface area contributed by atoms with Gasteiger partial charge in [0.25, 0.3) is 0 Å². The number of allylic oxidation sites excluding steroid dienone is 3. The highest BCUT2D eigenvalue weighted by Gasteiger charge is 2.48. The highest BCUT2D eigenvalue weighted by molar-refractivity contribution is 5.91. The second-order valence-corrected chi connectivity index (χ2v) is 18.4. The monoisotopic (exact) mass is 962 g/mol. The van der Waals surface area contributed by atoms with Crippen molar-refractivity contribution >= 4 is 23.5 Å². The van der Waals surface area contributed by atoms with Crippen molar-refractivity contribution in [2.45, 2.75) is 127 Å². The molecule has 0 saturated carbocycles. The standard InChI is InChI=1S/C49H75N3O16/c1-29-15-16-38(53)30(2)22-35-17-20-60-26-37(51-65-28-61-19-12-14-36-13-10-11-18-50-36)27-62-39(31(3)45(35)68-48-44(57)41(52(6)7)42(55)32(4)66-48)23-40(54)63-24-34(21-29)25-64-49-47(59-9)46(58-8)43(56)33(5)67-49/h10-16,18,21,30-35,39,41-49,55-57H,17,19-20,22-28H2,1-9H3/b14-12+,16-15+,29-21+,51-37+/t30-,31+,32-,33-,34+,35?,39-,41+,42-,43-,44-,45-,46-,47-,48+,49-/m1/s1. The van der Waals surface area contributed by atoms with Crippen molar-refractivity contribution < 1.29 is 77.1 Å². The SMILES string of the molecule is CO[C@@H]1[C@H](O)[C@@H](C)O[C@@H](OC[C@H]2/C=C(C)/C=C/C(=O)[C@H](C)CC3CCOC/C(=N\OCOC/C=C/c4ccccn4)CO[C@H](CC(=O)OC2)[C@H](C)[C@H]3O[C@@H]2O[C@H](C)[C@@H](O)[C@H](N(C)C)[C@H]2O)[C@@H]1OC. The molecular formula is C49H75N3O16. The number of hydrogen-bond donors (Lipinski definition) is 3. The first-order valence-corrected chi connectivity index (χ1v) is 23.5. The van der Waals surface area contributed by atoms with E-state index >= 15 is 0 Å². The van der Waals surface area contributed by atoms with Crippen molar-refractivity contribution in [1.82, 2.24) is 9.88 Å². The minimum atomic E-state index is -1.26. The van der Waals surface area contributed by atoms with E-state index in [1.54, 1.807) is 51.2 Å². The fraction of sp³-hybridized carbons (Fsp3) is 0.714. The van der Waals surface area contributed by atoms with Gasteiger partial charge in [-0.25, -0.2) is 0 Å². The zero-order chi connectivity index (χ0) is 49.3. The van der Waals surface area contributed by atoms with Gasteiger partial charge in [-0.05, 0) is 77.9 Å². The van der Waals surface area contributed by atoms with Gasteiger partial charge in [-0.2, -0.15) is 0 Å². The predicted octanol–water partition coefficient (Wildman–Crippen LogP) is 3.09. The minimum absolute atomic E-state index is 0.0232. The molecule has 3 fully saturated rings. The number of fused-ring (bicyclic) bond motifs is 3. The van der Waals surface area contributed by atoms with Crippen LogP contribution in [-0.2, 0) is 61.8 Å². The molecule has 0 aliphatic carbocycles. The molecule has 1 aromatic heterocycles. The van der Waals surface area contributed by atoms with Gasteiger partial charge in [-0.15, -0.1) is 0 Å². The van der Waals surface area contributed by atoms with Crippen molar-refractivity contribution in [3.8, 4) is 0 Å².